The number of halogens is 2. The molecule has 0 unspecified atom stereocenters. The lowest BCUT2D eigenvalue weighted by Crippen LogP contribution is -2.27. The third-order valence-electron chi connectivity index (χ3n) is 8.53. The second kappa shape index (κ2) is 14.9. The van der Waals surface area contributed by atoms with Gasteiger partial charge in [0.1, 0.15) is 10.6 Å². The molecule has 50 heavy (non-hydrogen) atoms. The minimum atomic E-state index is -3.87. The van der Waals surface area contributed by atoms with Crippen molar-refractivity contribution in [2.75, 3.05) is 13.2 Å². The number of H-pyrrole nitrogens is 1. The van der Waals surface area contributed by atoms with Crippen LogP contribution >= 0.6 is 23.2 Å². The van der Waals surface area contributed by atoms with Gasteiger partial charge in [-0.25, -0.2) is 13.1 Å². The number of nitrogens with one attached hydrogen (secondary N) is 2. The first kappa shape index (κ1) is 33.5. The Kier molecular flexibility index (Phi) is 9.95. The van der Waals surface area contributed by atoms with E-state index in [9.17, 15) is 8.42 Å². The fraction of sp³-hybridized carbons (Fsp3) is 0.132. The smallest absolute Gasteiger partial charge is 0.242 e. The van der Waals surface area contributed by atoms with E-state index in [1.807, 2.05) is 78.9 Å². The SMILES string of the molecule is O=S(=O)(NCCc1c(CCOc2ccc(-c3nn[nH]n3)cc2)c2cc(Cl)ccc2n1C(c1ccccc1)c1ccccc1)c1ccccc1Cl. The molecule has 0 aliphatic carbocycles. The van der Waals surface area contributed by atoms with Crippen LogP contribution in [0.3, 0.4) is 0 Å². The summed E-state index contributed by atoms with van der Waals surface area (Å²) in [5, 5.41) is 15.9. The zero-order chi connectivity index (χ0) is 34.5. The Morgan fingerprint density at radius 1 is 0.800 bits per heavy atom. The van der Waals surface area contributed by atoms with Gasteiger partial charge in [-0.15, -0.1) is 10.2 Å². The standard InChI is InChI=1S/C38H32Cl2N6O3S/c39-29-17-20-34-32(25-29)31(22-24-49-30-18-15-28(16-19-30)38-42-44-45-43-38)35(21-23-41-50(47,48)36-14-8-7-13-33(36)40)46(34)37(26-9-3-1-4-10-26)27-11-5-2-6-12-27/h1-20,25,37,41H,21-24H2,(H,42,43,44,45). The van der Waals surface area contributed by atoms with Gasteiger partial charge in [0.05, 0.1) is 17.7 Å². The van der Waals surface area contributed by atoms with Crippen LogP contribution in [0.5, 0.6) is 5.75 Å². The molecule has 0 aliphatic heterocycles. The van der Waals surface area contributed by atoms with Gasteiger partial charge in [0.15, 0.2) is 0 Å². The molecule has 252 valence electrons. The number of sulfonamides is 1. The Hall–Kier alpha value is -5.00. The quantitative estimate of drug-likeness (QED) is 0.125. The van der Waals surface area contributed by atoms with Crippen molar-refractivity contribution < 1.29 is 13.2 Å². The third-order valence-corrected chi connectivity index (χ3v) is 10.7. The second-order valence-corrected chi connectivity index (χ2v) is 14.2. The molecule has 0 saturated heterocycles. The molecule has 9 nitrogen and oxygen atoms in total. The van der Waals surface area contributed by atoms with Crippen molar-refractivity contribution in [3.8, 4) is 17.1 Å². The Morgan fingerprint density at radius 3 is 2.14 bits per heavy atom. The number of tetrazole rings is 1. The van der Waals surface area contributed by atoms with E-state index in [4.69, 9.17) is 27.9 Å². The van der Waals surface area contributed by atoms with Gasteiger partial charge in [0.2, 0.25) is 15.8 Å². The van der Waals surface area contributed by atoms with Crippen LogP contribution in [0.2, 0.25) is 10.0 Å². The van der Waals surface area contributed by atoms with Crippen LogP contribution in [-0.4, -0.2) is 46.8 Å². The van der Waals surface area contributed by atoms with Gasteiger partial charge in [0, 0.05) is 46.6 Å². The summed E-state index contributed by atoms with van der Waals surface area (Å²) in [4.78, 5) is 0.0411. The van der Waals surface area contributed by atoms with Crippen molar-refractivity contribution in [1.82, 2.24) is 29.9 Å². The molecule has 12 heteroatoms. The summed E-state index contributed by atoms with van der Waals surface area (Å²) in [6.45, 7) is 0.506. The molecule has 0 spiro atoms. The third kappa shape index (κ3) is 7.15. The predicted molar refractivity (Wildman–Crippen MR) is 196 cm³/mol. The number of hydrogen-bond donors (Lipinski definition) is 2. The largest absolute Gasteiger partial charge is 0.493 e. The number of benzene rings is 5. The van der Waals surface area contributed by atoms with Crippen LogP contribution in [0.1, 0.15) is 28.4 Å². The van der Waals surface area contributed by atoms with Crippen LogP contribution in [0, 0.1) is 0 Å². The summed E-state index contributed by atoms with van der Waals surface area (Å²) < 4.78 is 38.1. The van der Waals surface area contributed by atoms with Crippen molar-refractivity contribution in [1.29, 1.82) is 0 Å². The minimum absolute atomic E-state index is 0.0411. The van der Waals surface area contributed by atoms with E-state index in [0.717, 1.165) is 38.9 Å². The number of rotatable bonds is 13. The average Bonchev–Trinajstić information content (AvgIpc) is 3.77. The maximum atomic E-state index is 13.4. The summed E-state index contributed by atoms with van der Waals surface area (Å²) in [5.74, 6) is 1.20. The maximum Gasteiger partial charge on any atom is 0.242 e. The summed E-state index contributed by atoms with van der Waals surface area (Å²) >= 11 is 12.9. The van der Waals surface area contributed by atoms with E-state index >= 15 is 0 Å². The molecule has 0 amide bonds. The van der Waals surface area contributed by atoms with Crippen LogP contribution < -0.4 is 9.46 Å². The lowest BCUT2D eigenvalue weighted by molar-refractivity contribution is 0.322. The van der Waals surface area contributed by atoms with Gasteiger partial charge in [-0.05, 0) is 76.5 Å². The molecule has 2 aromatic heterocycles. The zero-order valence-electron chi connectivity index (χ0n) is 26.7. The summed E-state index contributed by atoms with van der Waals surface area (Å²) in [7, 11) is -3.87. The van der Waals surface area contributed by atoms with Gasteiger partial charge in [0.25, 0.3) is 0 Å². The van der Waals surface area contributed by atoms with Crippen LogP contribution in [-0.2, 0) is 22.9 Å². The maximum absolute atomic E-state index is 13.4. The fourth-order valence-corrected chi connectivity index (χ4v) is 8.03. The van der Waals surface area contributed by atoms with E-state index in [-0.39, 0.29) is 22.5 Å². The van der Waals surface area contributed by atoms with Crippen molar-refractivity contribution in [3.05, 3.63) is 160 Å². The van der Waals surface area contributed by atoms with E-state index in [1.54, 1.807) is 18.2 Å². The first-order valence-electron chi connectivity index (χ1n) is 16.0. The molecular formula is C38H32Cl2N6O3S. The number of nitrogens with zero attached hydrogens (tertiary/aromatic N) is 4. The van der Waals surface area contributed by atoms with Crippen molar-refractivity contribution in [2.45, 2.75) is 23.8 Å². The Balaban J connectivity index is 1.28. The van der Waals surface area contributed by atoms with E-state index in [2.05, 4.69) is 54.2 Å². The molecule has 0 saturated carbocycles. The van der Waals surface area contributed by atoms with E-state index < -0.39 is 10.0 Å². The lowest BCUT2D eigenvalue weighted by Gasteiger charge is -2.25. The van der Waals surface area contributed by atoms with E-state index in [1.165, 1.54) is 6.07 Å². The fourth-order valence-electron chi connectivity index (χ4n) is 6.31. The topological polar surface area (TPSA) is 115 Å². The highest BCUT2D eigenvalue weighted by Gasteiger charge is 2.26. The molecule has 2 heterocycles. The minimum Gasteiger partial charge on any atom is -0.493 e. The molecule has 0 fully saturated rings. The first-order valence-corrected chi connectivity index (χ1v) is 18.2. The number of hydrogen-bond acceptors (Lipinski definition) is 6. The van der Waals surface area contributed by atoms with Crippen LogP contribution in [0.4, 0.5) is 0 Å². The number of aromatic nitrogens is 5. The van der Waals surface area contributed by atoms with Gasteiger partial charge >= 0.3 is 0 Å². The van der Waals surface area contributed by atoms with Crippen molar-refractivity contribution in [2.24, 2.45) is 0 Å². The van der Waals surface area contributed by atoms with Gasteiger partial charge in [-0.1, -0.05) is 96.0 Å². The van der Waals surface area contributed by atoms with Crippen LogP contribution in [0.15, 0.2) is 132 Å². The summed E-state index contributed by atoms with van der Waals surface area (Å²) in [6, 6.07) is 40.2. The lowest BCUT2D eigenvalue weighted by atomic mass is 9.97. The number of fused-ring (bicyclic) bond motifs is 1. The normalized spacial score (nSPS) is 11.7. The molecule has 0 aliphatic rings. The molecule has 7 rings (SSSR count). The summed E-state index contributed by atoms with van der Waals surface area (Å²) in [5.41, 5.74) is 5.98. The Labute approximate surface area is 299 Å². The average molecular weight is 724 g/mol. The zero-order valence-corrected chi connectivity index (χ0v) is 29.0. The van der Waals surface area contributed by atoms with Crippen LogP contribution in [0.25, 0.3) is 22.3 Å². The number of ether oxygens (including phenoxy) is 1. The second-order valence-electron chi connectivity index (χ2n) is 11.6. The molecule has 0 bridgehead atoms. The molecule has 5 aromatic carbocycles. The molecule has 0 atom stereocenters. The highest BCUT2D eigenvalue weighted by atomic mass is 35.5. The highest BCUT2D eigenvalue weighted by Crippen LogP contribution is 2.38. The first-order chi connectivity index (χ1) is 24.4. The van der Waals surface area contributed by atoms with Crippen molar-refractivity contribution in [3.63, 3.8) is 0 Å². The van der Waals surface area contributed by atoms with Gasteiger partial charge in [-0.3, -0.25) is 0 Å². The predicted octanol–water partition coefficient (Wildman–Crippen LogP) is 7.91. The molecule has 0 radical (unpaired) electrons. The van der Waals surface area contributed by atoms with Gasteiger partial charge in [-0.2, -0.15) is 5.21 Å². The van der Waals surface area contributed by atoms with Crippen molar-refractivity contribution >= 4 is 44.1 Å². The molecular weight excluding hydrogens is 691 g/mol. The summed E-state index contributed by atoms with van der Waals surface area (Å²) in [6.07, 6.45) is 0.931. The molecule has 7 aromatic rings. The number of aromatic amines is 1. The Morgan fingerprint density at radius 2 is 1.48 bits per heavy atom. The highest BCUT2D eigenvalue weighted by molar-refractivity contribution is 7.89. The monoisotopic (exact) mass is 722 g/mol. The van der Waals surface area contributed by atoms with E-state index in [0.29, 0.717) is 36.0 Å². The Bertz CT molecular complexity index is 2280. The molecule has 2 N–H and O–H groups in total. The van der Waals surface area contributed by atoms with Gasteiger partial charge < -0.3 is 9.30 Å².